The highest BCUT2D eigenvalue weighted by Gasteiger charge is 2.22. The highest BCUT2D eigenvalue weighted by molar-refractivity contribution is 6.31. The van der Waals surface area contributed by atoms with E-state index in [4.69, 9.17) is 26.8 Å². The molecule has 0 radical (unpaired) electrons. The van der Waals surface area contributed by atoms with Gasteiger partial charge in [0.05, 0.1) is 11.7 Å². The Kier molecular flexibility index (Phi) is 8.04. The number of benzene rings is 2. The van der Waals surface area contributed by atoms with Gasteiger partial charge in [-0.05, 0) is 48.7 Å². The number of halogens is 2. The van der Waals surface area contributed by atoms with Crippen LogP contribution in [0.25, 0.3) is 0 Å². The fraction of sp³-hybridized carbons (Fsp3) is 0.409. The number of aliphatic hydroxyl groups is 1. The van der Waals surface area contributed by atoms with Crippen molar-refractivity contribution in [3.63, 3.8) is 0 Å². The quantitative estimate of drug-likeness (QED) is 0.664. The number of aliphatic hydroxyl groups excluding tert-OH is 1. The van der Waals surface area contributed by atoms with Gasteiger partial charge in [-0.15, -0.1) is 0 Å². The van der Waals surface area contributed by atoms with Crippen LogP contribution >= 0.6 is 11.6 Å². The summed E-state index contributed by atoms with van der Waals surface area (Å²) in [7, 11) is 0. The molecule has 2 aromatic rings. The van der Waals surface area contributed by atoms with Gasteiger partial charge < -0.3 is 20.3 Å². The third-order valence-corrected chi connectivity index (χ3v) is 5.15. The minimum Gasteiger partial charge on any atom is -0.490 e. The summed E-state index contributed by atoms with van der Waals surface area (Å²) in [5.41, 5.74) is 6.55. The number of amides is 1. The Labute approximate surface area is 180 Å². The molecule has 1 heterocycles. The van der Waals surface area contributed by atoms with Gasteiger partial charge in [0.1, 0.15) is 24.3 Å². The fourth-order valence-electron chi connectivity index (χ4n) is 3.50. The molecule has 30 heavy (non-hydrogen) atoms. The first kappa shape index (κ1) is 22.5. The van der Waals surface area contributed by atoms with E-state index in [0.29, 0.717) is 36.9 Å². The summed E-state index contributed by atoms with van der Waals surface area (Å²) in [5.74, 6) is -0.611. The highest BCUT2D eigenvalue weighted by Crippen LogP contribution is 2.23. The van der Waals surface area contributed by atoms with Crippen molar-refractivity contribution < 1.29 is 23.8 Å². The minimum atomic E-state index is -0.758. The summed E-state index contributed by atoms with van der Waals surface area (Å²) in [6.07, 6.45) is 0.738. The first-order chi connectivity index (χ1) is 14.4. The standard InChI is InChI=1S/C22H26ClFN2O4/c23-16-4-7-21(20(11-16)22(25)28)30-14-18(27)12-26-8-1-9-29-19(13-26)10-15-2-5-17(24)6-3-15/h2-7,11,18-19,27H,1,8-10,12-14H2,(H2,25,28)/t18-,19?/m1/s1. The molecule has 1 saturated heterocycles. The Morgan fingerprint density at radius 1 is 1.33 bits per heavy atom. The normalized spacial score (nSPS) is 18.6. The van der Waals surface area contributed by atoms with Crippen LogP contribution in [-0.4, -0.2) is 61.0 Å². The molecule has 0 saturated carbocycles. The molecule has 1 amide bonds. The van der Waals surface area contributed by atoms with Crippen LogP contribution in [0.3, 0.4) is 0 Å². The van der Waals surface area contributed by atoms with E-state index < -0.39 is 12.0 Å². The molecule has 1 aliphatic heterocycles. The SMILES string of the molecule is NC(=O)c1cc(Cl)ccc1OC[C@H](O)CN1CCCOC(Cc2ccc(F)cc2)C1. The number of primary amides is 1. The van der Waals surface area contributed by atoms with Crippen molar-refractivity contribution in [2.45, 2.75) is 25.0 Å². The first-order valence-electron chi connectivity index (χ1n) is 9.89. The van der Waals surface area contributed by atoms with Crippen molar-refractivity contribution in [1.82, 2.24) is 4.90 Å². The van der Waals surface area contributed by atoms with Crippen LogP contribution in [0.4, 0.5) is 4.39 Å². The van der Waals surface area contributed by atoms with Gasteiger partial charge in [-0.1, -0.05) is 23.7 Å². The summed E-state index contributed by atoms with van der Waals surface area (Å²) in [6.45, 7) is 2.51. The summed E-state index contributed by atoms with van der Waals surface area (Å²) < 4.78 is 24.6. The number of carbonyl (C=O) groups excluding carboxylic acids is 1. The predicted octanol–water partition coefficient (Wildman–Crippen LogP) is 2.65. The maximum Gasteiger partial charge on any atom is 0.252 e. The third-order valence-electron chi connectivity index (χ3n) is 4.92. The lowest BCUT2D eigenvalue weighted by atomic mass is 10.1. The average molecular weight is 437 g/mol. The largest absolute Gasteiger partial charge is 0.490 e. The Morgan fingerprint density at radius 3 is 2.83 bits per heavy atom. The van der Waals surface area contributed by atoms with Gasteiger partial charge in [-0.3, -0.25) is 9.69 Å². The van der Waals surface area contributed by atoms with Crippen molar-refractivity contribution in [1.29, 1.82) is 0 Å². The van der Waals surface area contributed by atoms with Crippen LogP contribution in [0.5, 0.6) is 5.75 Å². The summed E-state index contributed by atoms with van der Waals surface area (Å²) in [5, 5.41) is 10.8. The number of hydrogen-bond donors (Lipinski definition) is 2. The van der Waals surface area contributed by atoms with E-state index in [-0.39, 0.29) is 24.1 Å². The molecule has 3 N–H and O–H groups in total. The number of rotatable bonds is 8. The molecule has 0 aliphatic carbocycles. The van der Waals surface area contributed by atoms with Gasteiger partial charge in [0.15, 0.2) is 0 Å². The van der Waals surface area contributed by atoms with E-state index in [1.807, 2.05) is 0 Å². The van der Waals surface area contributed by atoms with Gasteiger partial charge >= 0.3 is 0 Å². The monoisotopic (exact) mass is 436 g/mol. The number of nitrogens with zero attached hydrogens (tertiary/aromatic N) is 1. The lowest BCUT2D eigenvalue weighted by Crippen LogP contribution is -2.40. The van der Waals surface area contributed by atoms with Crippen LogP contribution in [0, 0.1) is 5.82 Å². The highest BCUT2D eigenvalue weighted by atomic mass is 35.5. The van der Waals surface area contributed by atoms with Crippen LogP contribution in [0.1, 0.15) is 22.3 Å². The second-order valence-electron chi connectivity index (χ2n) is 7.41. The Hall–Kier alpha value is -2.19. The molecule has 8 heteroatoms. The molecule has 0 spiro atoms. The Balaban J connectivity index is 1.53. The van der Waals surface area contributed by atoms with Crippen LogP contribution in [-0.2, 0) is 11.2 Å². The Bertz CT molecular complexity index is 850. The zero-order chi connectivity index (χ0) is 21.5. The molecule has 1 aliphatic rings. The van der Waals surface area contributed by atoms with Crippen molar-refractivity contribution in [3.05, 3.63) is 64.4 Å². The molecule has 1 fully saturated rings. The van der Waals surface area contributed by atoms with E-state index in [1.165, 1.54) is 18.2 Å². The van der Waals surface area contributed by atoms with Crippen molar-refractivity contribution in [2.75, 3.05) is 32.8 Å². The molecule has 2 atom stereocenters. The van der Waals surface area contributed by atoms with E-state index in [9.17, 15) is 14.3 Å². The number of β-amino-alcohol motifs (C(OH)–C–C–N with tert-alkyl or cyclic N) is 1. The van der Waals surface area contributed by atoms with Crippen LogP contribution in [0.15, 0.2) is 42.5 Å². The van der Waals surface area contributed by atoms with E-state index in [0.717, 1.165) is 18.5 Å². The zero-order valence-corrected chi connectivity index (χ0v) is 17.4. The van der Waals surface area contributed by atoms with Crippen molar-refractivity contribution >= 4 is 17.5 Å². The van der Waals surface area contributed by atoms with Crippen LogP contribution in [0.2, 0.25) is 5.02 Å². The topological polar surface area (TPSA) is 85.0 Å². The molecule has 6 nitrogen and oxygen atoms in total. The molecule has 162 valence electrons. The van der Waals surface area contributed by atoms with Gasteiger partial charge in [0, 0.05) is 31.3 Å². The second kappa shape index (κ2) is 10.7. The molecule has 3 rings (SSSR count). The summed E-state index contributed by atoms with van der Waals surface area (Å²) in [4.78, 5) is 13.7. The maximum atomic E-state index is 13.1. The Morgan fingerprint density at radius 2 is 2.10 bits per heavy atom. The van der Waals surface area contributed by atoms with Gasteiger partial charge in [-0.2, -0.15) is 0 Å². The van der Waals surface area contributed by atoms with Crippen molar-refractivity contribution in [3.8, 4) is 5.75 Å². The van der Waals surface area contributed by atoms with Gasteiger partial charge in [0.25, 0.3) is 5.91 Å². The second-order valence-corrected chi connectivity index (χ2v) is 7.84. The zero-order valence-electron chi connectivity index (χ0n) is 16.6. The van der Waals surface area contributed by atoms with Crippen LogP contribution < -0.4 is 10.5 Å². The van der Waals surface area contributed by atoms with Gasteiger partial charge in [0.2, 0.25) is 0 Å². The molecular formula is C22H26ClFN2O4. The average Bonchev–Trinajstić information content (AvgIpc) is 2.93. The maximum absolute atomic E-state index is 13.1. The van der Waals surface area contributed by atoms with E-state index in [2.05, 4.69) is 4.90 Å². The number of carbonyl (C=O) groups is 1. The van der Waals surface area contributed by atoms with E-state index in [1.54, 1.807) is 24.3 Å². The summed E-state index contributed by atoms with van der Waals surface area (Å²) in [6, 6.07) is 11.0. The number of hydrogen-bond acceptors (Lipinski definition) is 5. The number of ether oxygens (including phenoxy) is 2. The molecule has 0 aromatic heterocycles. The smallest absolute Gasteiger partial charge is 0.252 e. The molecule has 2 aromatic carbocycles. The molecule has 0 bridgehead atoms. The predicted molar refractivity (Wildman–Crippen MR) is 112 cm³/mol. The minimum absolute atomic E-state index is 0.0158. The fourth-order valence-corrected chi connectivity index (χ4v) is 3.67. The molecule has 1 unspecified atom stereocenters. The van der Waals surface area contributed by atoms with Gasteiger partial charge in [-0.25, -0.2) is 4.39 Å². The van der Waals surface area contributed by atoms with E-state index >= 15 is 0 Å². The molecular weight excluding hydrogens is 411 g/mol. The lowest BCUT2D eigenvalue weighted by Gasteiger charge is -2.26. The number of nitrogens with two attached hydrogens (primary N) is 1. The lowest BCUT2D eigenvalue weighted by molar-refractivity contribution is 0.0360. The first-order valence-corrected chi connectivity index (χ1v) is 10.3. The summed E-state index contributed by atoms with van der Waals surface area (Å²) >= 11 is 5.90. The van der Waals surface area contributed by atoms with Crippen molar-refractivity contribution in [2.24, 2.45) is 5.73 Å². The third kappa shape index (κ3) is 6.67.